The molecular formula is C14H20N2O. The molecular weight excluding hydrogens is 212 g/mol. The second-order valence-corrected chi connectivity index (χ2v) is 5.25. The van der Waals surface area contributed by atoms with Gasteiger partial charge in [-0.1, -0.05) is 0 Å². The Labute approximate surface area is 102 Å². The molecule has 0 bridgehead atoms. The molecule has 2 heterocycles. The van der Waals surface area contributed by atoms with Crippen molar-refractivity contribution in [2.24, 2.45) is 11.7 Å². The molecule has 2 unspecified atom stereocenters. The lowest BCUT2D eigenvalue weighted by Crippen LogP contribution is -2.50. The van der Waals surface area contributed by atoms with Gasteiger partial charge in [0.2, 0.25) is 0 Å². The molecule has 0 aromatic heterocycles. The predicted molar refractivity (Wildman–Crippen MR) is 69.3 cm³/mol. The third kappa shape index (κ3) is 1.78. The van der Waals surface area contributed by atoms with E-state index in [1.807, 2.05) is 6.07 Å². The summed E-state index contributed by atoms with van der Waals surface area (Å²) in [5.41, 5.74) is 8.50. The van der Waals surface area contributed by atoms with Crippen molar-refractivity contribution < 1.29 is 5.11 Å². The third-order valence-electron chi connectivity index (χ3n) is 4.30. The van der Waals surface area contributed by atoms with Crippen LogP contribution >= 0.6 is 0 Å². The standard InChI is InChI=1S/C14H20N2O/c15-9-11-2-1-7-16-13-6-4-12(17)8-10(13)3-5-14(11)16/h4,6,8,11,14,17H,1-3,5,7,9,15H2. The number of rotatable bonds is 1. The van der Waals surface area contributed by atoms with Crippen LogP contribution in [-0.4, -0.2) is 24.2 Å². The molecule has 1 aromatic carbocycles. The number of hydrogen-bond donors (Lipinski definition) is 2. The minimum Gasteiger partial charge on any atom is -0.508 e. The van der Waals surface area contributed by atoms with Crippen LogP contribution < -0.4 is 10.6 Å². The molecule has 0 spiro atoms. The van der Waals surface area contributed by atoms with E-state index >= 15 is 0 Å². The smallest absolute Gasteiger partial charge is 0.116 e. The van der Waals surface area contributed by atoms with Gasteiger partial charge in [0.1, 0.15) is 5.75 Å². The van der Waals surface area contributed by atoms with Crippen LogP contribution in [0.5, 0.6) is 5.75 Å². The first-order valence-corrected chi connectivity index (χ1v) is 6.58. The fourth-order valence-corrected chi connectivity index (χ4v) is 3.46. The van der Waals surface area contributed by atoms with E-state index in [1.165, 1.54) is 30.5 Å². The lowest BCUT2D eigenvalue weighted by Gasteiger charge is -2.46. The van der Waals surface area contributed by atoms with Gasteiger partial charge in [-0.05, 0) is 61.9 Å². The predicted octanol–water partition coefficient (Wildman–Crippen LogP) is 1.88. The summed E-state index contributed by atoms with van der Waals surface area (Å²) in [6, 6.07) is 6.39. The molecule has 3 nitrogen and oxygen atoms in total. The highest BCUT2D eigenvalue weighted by Crippen LogP contribution is 2.38. The third-order valence-corrected chi connectivity index (χ3v) is 4.30. The van der Waals surface area contributed by atoms with E-state index < -0.39 is 0 Å². The Kier molecular flexibility index (Phi) is 2.71. The SMILES string of the molecule is NCC1CCCN2c3ccc(O)cc3CCC12. The van der Waals surface area contributed by atoms with Gasteiger partial charge >= 0.3 is 0 Å². The molecule has 0 saturated carbocycles. The van der Waals surface area contributed by atoms with Gasteiger partial charge in [-0.3, -0.25) is 0 Å². The van der Waals surface area contributed by atoms with Gasteiger partial charge in [-0.15, -0.1) is 0 Å². The van der Waals surface area contributed by atoms with Crippen molar-refractivity contribution in [3.63, 3.8) is 0 Å². The summed E-state index contributed by atoms with van der Waals surface area (Å²) < 4.78 is 0. The number of phenolic OH excluding ortho intramolecular Hbond substituents is 1. The Morgan fingerprint density at radius 1 is 1.35 bits per heavy atom. The number of benzene rings is 1. The van der Waals surface area contributed by atoms with Gasteiger partial charge in [-0.2, -0.15) is 0 Å². The Morgan fingerprint density at radius 3 is 3.06 bits per heavy atom. The summed E-state index contributed by atoms with van der Waals surface area (Å²) in [6.07, 6.45) is 4.75. The van der Waals surface area contributed by atoms with Crippen LogP contribution in [0.3, 0.4) is 0 Å². The van der Waals surface area contributed by atoms with Crippen LogP contribution in [0.25, 0.3) is 0 Å². The molecule has 1 aromatic rings. The van der Waals surface area contributed by atoms with E-state index in [-0.39, 0.29) is 0 Å². The monoisotopic (exact) mass is 232 g/mol. The maximum atomic E-state index is 9.54. The largest absolute Gasteiger partial charge is 0.508 e. The molecule has 0 radical (unpaired) electrons. The van der Waals surface area contributed by atoms with Crippen molar-refractivity contribution in [1.29, 1.82) is 0 Å². The highest BCUT2D eigenvalue weighted by atomic mass is 16.3. The number of phenols is 1. The maximum absolute atomic E-state index is 9.54. The number of hydrogen-bond acceptors (Lipinski definition) is 3. The molecule has 2 aliphatic rings. The average Bonchev–Trinajstić information content (AvgIpc) is 2.37. The number of aromatic hydroxyl groups is 1. The zero-order valence-corrected chi connectivity index (χ0v) is 10.1. The molecule has 17 heavy (non-hydrogen) atoms. The van der Waals surface area contributed by atoms with Crippen molar-refractivity contribution in [2.45, 2.75) is 31.7 Å². The van der Waals surface area contributed by atoms with Gasteiger partial charge < -0.3 is 15.7 Å². The summed E-state index contributed by atoms with van der Waals surface area (Å²) in [5, 5.41) is 9.54. The molecule has 92 valence electrons. The van der Waals surface area contributed by atoms with Crippen LogP contribution in [0.4, 0.5) is 5.69 Å². The number of anilines is 1. The first-order chi connectivity index (χ1) is 8.29. The molecule has 3 heteroatoms. The maximum Gasteiger partial charge on any atom is 0.116 e. The van der Waals surface area contributed by atoms with Crippen LogP contribution in [0.2, 0.25) is 0 Å². The lowest BCUT2D eigenvalue weighted by molar-refractivity contribution is 0.305. The first kappa shape index (κ1) is 10.9. The second kappa shape index (κ2) is 4.22. The second-order valence-electron chi connectivity index (χ2n) is 5.25. The van der Waals surface area contributed by atoms with Crippen molar-refractivity contribution in [1.82, 2.24) is 0 Å². The molecule has 0 amide bonds. The highest BCUT2D eigenvalue weighted by Gasteiger charge is 2.34. The molecule has 1 saturated heterocycles. The van der Waals surface area contributed by atoms with E-state index in [4.69, 9.17) is 5.73 Å². The van der Waals surface area contributed by atoms with Gasteiger partial charge in [0, 0.05) is 18.3 Å². The van der Waals surface area contributed by atoms with Crippen LogP contribution in [-0.2, 0) is 6.42 Å². The number of fused-ring (bicyclic) bond motifs is 3. The van der Waals surface area contributed by atoms with Crippen LogP contribution in [0, 0.1) is 5.92 Å². The fraction of sp³-hybridized carbons (Fsp3) is 0.571. The van der Waals surface area contributed by atoms with E-state index in [2.05, 4.69) is 11.0 Å². The summed E-state index contributed by atoms with van der Waals surface area (Å²) in [6.45, 7) is 1.94. The highest BCUT2D eigenvalue weighted by molar-refractivity contribution is 5.59. The van der Waals surface area contributed by atoms with Crippen LogP contribution in [0.1, 0.15) is 24.8 Å². The number of nitrogens with zero attached hydrogens (tertiary/aromatic N) is 1. The van der Waals surface area contributed by atoms with E-state index in [0.717, 1.165) is 19.5 Å². The normalized spacial score (nSPS) is 27.5. The van der Waals surface area contributed by atoms with Crippen molar-refractivity contribution >= 4 is 5.69 Å². The average molecular weight is 232 g/mol. The lowest BCUT2D eigenvalue weighted by atomic mass is 9.82. The summed E-state index contributed by atoms with van der Waals surface area (Å²) in [4.78, 5) is 2.51. The first-order valence-electron chi connectivity index (χ1n) is 6.58. The quantitative estimate of drug-likeness (QED) is 0.777. The molecule has 2 aliphatic heterocycles. The Morgan fingerprint density at radius 2 is 2.24 bits per heavy atom. The Hall–Kier alpha value is -1.22. The zero-order valence-electron chi connectivity index (χ0n) is 10.1. The number of nitrogens with two attached hydrogens (primary N) is 1. The number of piperidine rings is 1. The van der Waals surface area contributed by atoms with E-state index in [0.29, 0.717) is 17.7 Å². The Bertz CT molecular complexity index is 419. The van der Waals surface area contributed by atoms with E-state index in [1.54, 1.807) is 6.07 Å². The van der Waals surface area contributed by atoms with Gasteiger partial charge in [-0.25, -0.2) is 0 Å². The van der Waals surface area contributed by atoms with Crippen molar-refractivity contribution in [3.05, 3.63) is 23.8 Å². The van der Waals surface area contributed by atoms with Crippen LogP contribution in [0.15, 0.2) is 18.2 Å². The Balaban J connectivity index is 1.95. The fourth-order valence-electron chi connectivity index (χ4n) is 3.46. The van der Waals surface area contributed by atoms with E-state index in [9.17, 15) is 5.11 Å². The molecule has 3 N–H and O–H groups in total. The molecule has 1 fully saturated rings. The molecule has 0 aliphatic carbocycles. The summed E-state index contributed by atoms with van der Waals surface area (Å²) >= 11 is 0. The zero-order chi connectivity index (χ0) is 11.8. The number of aryl methyl sites for hydroxylation is 1. The van der Waals surface area contributed by atoms with Gasteiger partial charge in [0.05, 0.1) is 0 Å². The van der Waals surface area contributed by atoms with Gasteiger partial charge in [0.25, 0.3) is 0 Å². The molecule has 3 rings (SSSR count). The van der Waals surface area contributed by atoms with Crippen molar-refractivity contribution in [2.75, 3.05) is 18.0 Å². The minimum atomic E-state index is 0.384. The van der Waals surface area contributed by atoms with Gasteiger partial charge in [0.15, 0.2) is 0 Å². The minimum absolute atomic E-state index is 0.384. The van der Waals surface area contributed by atoms with Crippen molar-refractivity contribution in [3.8, 4) is 5.75 Å². The topological polar surface area (TPSA) is 49.5 Å². The summed E-state index contributed by atoms with van der Waals surface area (Å²) in [5.74, 6) is 1.03. The summed E-state index contributed by atoms with van der Waals surface area (Å²) in [7, 11) is 0. The molecule has 2 atom stereocenters.